The van der Waals surface area contributed by atoms with Gasteiger partial charge in [0.2, 0.25) is 0 Å². The standard InChI is InChI=1S/C74H116O16/c1-10-12-14-16-18-20-22-24-26-28-30-32-37-41-65(76)84-52-61(53-85-66(77)42-38-33-31-29-27-25-23-21-19-17-15-13-11-2)88-68(79)48-56(4)40-36-34-35-39-43-67(78)89-70-57(5)49-60(50-58(70)6)51-87-74(81)90-72-62(46-44-55(3)45-47-64(75)82-8)71(83-9)59(7)63-54-86-73(80)69(63)72/h44,49-50,56,61H,10-43,45-48,51-54H2,1-9H3/b55-44+. The van der Waals surface area contributed by atoms with Crippen molar-refractivity contribution in [3.8, 4) is 17.2 Å². The van der Waals surface area contributed by atoms with Crippen LogP contribution in [0.25, 0.3) is 0 Å². The fourth-order valence-electron chi connectivity index (χ4n) is 11.5. The molecule has 2 aromatic rings. The van der Waals surface area contributed by atoms with E-state index < -0.39 is 24.2 Å². The predicted molar refractivity (Wildman–Crippen MR) is 352 cm³/mol. The molecule has 0 bridgehead atoms. The van der Waals surface area contributed by atoms with Gasteiger partial charge in [-0.05, 0) is 100 Å². The normalized spacial score (nSPS) is 12.3. The molecule has 0 fully saturated rings. The minimum absolute atomic E-state index is 0.00000276. The second kappa shape index (κ2) is 47.9. The summed E-state index contributed by atoms with van der Waals surface area (Å²) in [6.07, 6.45) is 37.3. The number of rotatable bonds is 52. The third-order valence-electron chi connectivity index (χ3n) is 17.0. The molecule has 3 rings (SSSR count). The second-order valence-electron chi connectivity index (χ2n) is 25.1. The van der Waals surface area contributed by atoms with E-state index >= 15 is 0 Å². The molecular weight excluding hydrogens is 1140 g/mol. The third-order valence-corrected chi connectivity index (χ3v) is 17.0. The summed E-state index contributed by atoms with van der Waals surface area (Å²) in [4.78, 5) is 90.0. The molecule has 0 N–H and O–H groups in total. The van der Waals surface area contributed by atoms with Gasteiger partial charge in [0.05, 0.1) is 14.2 Å². The van der Waals surface area contributed by atoms with Gasteiger partial charge in [0.15, 0.2) is 11.9 Å². The van der Waals surface area contributed by atoms with Crippen LogP contribution in [0.15, 0.2) is 23.8 Å². The van der Waals surface area contributed by atoms with Crippen LogP contribution in [0.2, 0.25) is 0 Å². The summed E-state index contributed by atoms with van der Waals surface area (Å²) in [7, 11) is 2.83. The highest BCUT2D eigenvalue weighted by molar-refractivity contribution is 5.99. The fourth-order valence-corrected chi connectivity index (χ4v) is 11.5. The fraction of sp³-hybridized carbons (Fsp3) is 0.716. The van der Waals surface area contributed by atoms with Crippen LogP contribution in [-0.2, 0) is 72.0 Å². The summed E-state index contributed by atoms with van der Waals surface area (Å²) >= 11 is 0. The van der Waals surface area contributed by atoms with Gasteiger partial charge >= 0.3 is 42.0 Å². The zero-order chi connectivity index (χ0) is 65.7. The Hall–Kier alpha value is -5.93. The number of carbonyl (C=O) groups excluding carboxylic acids is 7. The number of ether oxygens (including phenoxy) is 9. The molecule has 0 spiro atoms. The van der Waals surface area contributed by atoms with Crippen LogP contribution in [0.3, 0.4) is 0 Å². The average molecular weight is 1260 g/mol. The van der Waals surface area contributed by atoms with E-state index in [1.54, 1.807) is 12.1 Å². The highest BCUT2D eigenvalue weighted by Crippen LogP contribution is 2.43. The van der Waals surface area contributed by atoms with Crippen molar-refractivity contribution in [2.75, 3.05) is 27.4 Å². The predicted octanol–water partition coefficient (Wildman–Crippen LogP) is 18.7. The number of unbranched alkanes of at least 4 members (excludes halogenated alkanes) is 27. The van der Waals surface area contributed by atoms with E-state index in [-0.39, 0.29) is 93.2 Å². The summed E-state index contributed by atoms with van der Waals surface area (Å²) in [6, 6.07) is 3.54. The summed E-state index contributed by atoms with van der Waals surface area (Å²) in [6.45, 7) is 13.3. The van der Waals surface area contributed by atoms with Gasteiger partial charge in [-0.15, -0.1) is 0 Å². The van der Waals surface area contributed by atoms with Crippen LogP contribution in [-0.4, -0.2) is 75.5 Å². The molecular formula is C74H116O16. The van der Waals surface area contributed by atoms with E-state index in [4.69, 9.17) is 42.6 Å². The molecule has 0 saturated carbocycles. The Bertz CT molecular complexity index is 2410. The number of cyclic esters (lactones) is 1. The second-order valence-corrected chi connectivity index (χ2v) is 25.1. The third kappa shape index (κ3) is 33.4. The number of hydrogen-bond donors (Lipinski definition) is 0. The molecule has 1 heterocycles. The van der Waals surface area contributed by atoms with Crippen molar-refractivity contribution in [2.45, 2.75) is 312 Å². The van der Waals surface area contributed by atoms with Gasteiger partial charge in [-0.25, -0.2) is 9.59 Å². The maximum atomic E-state index is 13.3. The first-order valence-corrected chi connectivity index (χ1v) is 34.8. The highest BCUT2D eigenvalue weighted by atomic mass is 16.7. The smallest absolute Gasteiger partial charge is 0.496 e. The monoisotopic (exact) mass is 1260 g/mol. The molecule has 1 atom stereocenters. The number of carbonyl (C=O) groups is 7. The van der Waals surface area contributed by atoms with Gasteiger partial charge in [0.25, 0.3) is 0 Å². The van der Waals surface area contributed by atoms with E-state index in [1.165, 1.54) is 143 Å². The maximum absolute atomic E-state index is 13.3. The van der Waals surface area contributed by atoms with E-state index in [0.717, 1.165) is 69.8 Å². The molecule has 1 unspecified atom stereocenters. The molecule has 2 aromatic carbocycles. The molecule has 1 aliphatic heterocycles. The SMILES string of the molecule is CCCCCCCCCCCCCCCC(=O)OCC(COC(=O)CCCCCCCCCCCCCCC)OC(=O)CC(C)CCCCCCC(=O)Oc1c(C)cc(COC(=O)Oc2c(C/C=C(\C)CCC(=O)OC)c(OC)c(C)c3c2C(=O)OC3)cc1C. The number of benzene rings is 2. The van der Waals surface area contributed by atoms with Crippen LogP contribution < -0.4 is 14.2 Å². The van der Waals surface area contributed by atoms with Crippen LogP contribution in [0, 0.1) is 26.7 Å². The lowest BCUT2D eigenvalue weighted by Crippen LogP contribution is -2.31. The Morgan fingerprint density at radius 3 is 1.48 bits per heavy atom. The van der Waals surface area contributed by atoms with Crippen LogP contribution in [0.1, 0.15) is 309 Å². The van der Waals surface area contributed by atoms with E-state index in [1.807, 2.05) is 40.7 Å². The average Bonchev–Trinajstić information content (AvgIpc) is 1.50. The highest BCUT2D eigenvalue weighted by Gasteiger charge is 2.35. The Labute approximate surface area is 541 Å². The van der Waals surface area contributed by atoms with Crippen LogP contribution >= 0.6 is 0 Å². The Morgan fingerprint density at radius 2 is 1.00 bits per heavy atom. The number of aryl methyl sites for hydroxylation is 2. The first kappa shape index (κ1) is 78.3. The first-order chi connectivity index (χ1) is 43.5. The van der Waals surface area contributed by atoms with Gasteiger partial charge in [-0.2, -0.15) is 0 Å². The largest absolute Gasteiger partial charge is 0.514 e. The van der Waals surface area contributed by atoms with Crippen molar-refractivity contribution < 1.29 is 76.2 Å². The molecule has 508 valence electrons. The summed E-state index contributed by atoms with van der Waals surface area (Å²) in [5, 5.41) is 0. The van der Waals surface area contributed by atoms with Gasteiger partial charge in [0, 0.05) is 43.2 Å². The topological polar surface area (TPSA) is 203 Å². The number of esters is 6. The van der Waals surface area contributed by atoms with E-state index in [2.05, 4.69) is 13.8 Å². The quantitative estimate of drug-likeness (QED) is 0.0151. The minimum Gasteiger partial charge on any atom is -0.496 e. The summed E-state index contributed by atoms with van der Waals surface area (Å²) < 4.78 is 50.1. The Kier molecular flexibility index (Phi) is 41.7. The Balaban J connectivity index is 1.42. The molecule has 0 amide bonds. The first-order valence-electron chi connectivity index (χ1n) is 34.8. The molecule has 16 nitrogen and oxygen atoms in total. The number of hydrogen-bond acceptors (Lipinski definition) is 16. The maximum Gasteiger partial charge on any atom is 0.514 e. The minimum atomic E-state index is -1.04. The molecule has 0 saturated heterocycles. The van der Waals surface area contributed by atoms with Crippen molar-refractivity contribution in [3.05, 3.63) is 62.7 Å². The number of methoxy groups -OCH3 is 2. The zero-order valence-corrected chi connectivity index (χ0v) is 57.1. The number of fused-ring (bicyclic) bond motifs is 1. The van der Waals surface area contributed by atoms with E-state index in [0.29, 0.717) is 70.6 Å². The van der Waals surface area contributed by atoms with Crippen molar-refractivity contribution >= 4 is 42.0 Å². The van der Waals surface area contributed by atoms with Crippen molar-refractivity contribution in [1.29, 1.82) is 0 Å². The summed E-state index contributed by atoms with van der Waals surface area (Å²) in [5.41, 5.74) is 4.70. The molecule has 0 radical (unpaired) electrons. The lowest BCUT2D eigenvalue weighted by molar-refractivity contribution is -0.167. The van der Waals surface area contributed by atoms with Crippen LogP contribution in [0.5, 0.6) is 17.2 Å². The molecule has 1 aliphatic rings. The lowest BCUT2D eigenvalue weighted by Gasteiger charge is -2.19. The van der Waals surface area contributed by atoms with Gasteiger partial charge in [-0.3, -0.25) is 24.0 Å². The van der Waals surface area contributed by atoms with Gasteiger partial charge in [-0.1, -0.05) is 212 Å². The lowest BCUT2D eigenvalue weighted by atomic mass is 9.94. The number of allylic oxidation sites excluding steroid dienone is 2. The summed E-state index contributed by atoms with van der Waals surface area (Å²) in [5.74, 6) is -1.56. The van der Waals surface area contributed by atoms with Gasteiger partial charge < -0.3 is 42.6 Å². The molecule has 16 heteroatoms. The molecule has 90 heavy (non-hydrogen) atoms. The van der Waals surface area contributed by atoms with Gasteiger partial charge in [0.1, 0.15) is 43.5 Å². The molecule has 0 aromatic heterocycles. The molecule has 0 aliphatic carbocycles. The Morgan fingerprint density at radius 1 is 0.533 bits per heavy atom. The van der Waals surface area contributed by atoms with Crippen molar-refractivity contribution in [3.63, 3.8) is 0 Å². The van der Waals surface area contributed by atoms with E-state index in [9.17, 15) is 33.6 Å². The van der Waals surface area contributed by atoms with Crippen molar-refractivity contribution in [1.82, 2.24) is 0 Å². The van der Waals surface area contributed by atoms with Crippen LogP contribution in [0.4, 0.5) is 4.79 Å². The zero-order valence-electron chi connectivity index (χ0n) is 57.1. The van der Waals surface area contributed by atoms with Crippen molar-refractivity contribution in [2.24, 2.45) is 5.92 Å².